The van der Waals surface area contributed by atoms with Crippen LogP contribution in [0.5, 0.6) is 5.75 Å². The van der Waals surface area contributed by atoms with E-state index in [9.17, 15) is 9.59 Å². The number of hydrogen-bond acceptors (Lipinski definition) is 4. The number of pyridine rings is 1. The Hall–Kier alpha value is -5.11. The van der Waals surface area contributed by atoms with Crippen molar-refractivity contribution in [3.05, 3.63) is 131 Å². The Morgan fingerprint density at radius 3 is 2.42 bits per heavy atom. The number of anilines is 1. The number of nitrogens with zero attached hydrogens (tertiary/aromatic N) is 5. The molecular weight excluding hydrogens is 538 g/mol. The van der Waals surface area contributed by atoms with Crippen LogP contribution in [0.4, 0.5) is 5.69 Å². The van der Waals surface area contributed by atoms with Crippen molar-refractivity contribution in [3.63, 3.8) is 0 Å². The van der Waals surface area contributed by atoms with Crippen molar-refractivity contribution in [2.45, 2.75) is 33.4 Å². The zero-order chi connectivity index (χ0) is 30.1. The van der Waals surface area contributed by atoms with Crippen LogP contribution in [0.1, 0.15) is 49.2 Å². The Morgan fingerprint density at radius 2 is 1.67 bits per heavy atom. The molecule has 0 saturated carbocycles. The first-order valence-electron chi connectivity index (χ1n) is 14.4. The summed E-state index contributed by atoms with van der Waals surface area (Å²) in [5, 5.41) is 0. The van der Waals surface area contributed by atoms with Crippen molar-refractivity contribution in [3.8, 4) is 11.4 Å². The topological polar surface area (TPSA) is 72.6 Å². The van der Waals surface area contributed by atoms with Gasteiger partial charge in [-0.25, -0.2) is 0 Å². The van der Waals surface area contributed by atoms with Crippen LogP contribution in [-0.4, -0.2) is 51.5 Å². The number of aromatic nitrogens is 3. The zero-order valence-electron chi connectivity index (χ0n) is 24.9. The highest BCUT2D eigenvalue weighted by Crippen LogP contribution is 2.33. The summed E-state index contributed by atoms with van der Waals surface area (Å²) in [5.41, 5.74) is 7.85. The van der Waals surface area contributed by atoms with Gasteiger partial charge in [-0.05, 0) is 74.0 Å². The largest absolute Gasteiger partial charge is 0.496 e. The maximum atomic E-state index is 14.3. The zero-order valence-corrected chi connectivity index (χ0v) is 24.9. The molecule has 8 heteroatoms. The second-order valence-electron chi connectivity index (χ2n) is 10.9. The molecule has 0 N–H and O–H groups in total. The van der Waals surface area contributed by atoms with E-state index in [4.69, 9.17) is 4.74 Å². The average molecular weight is 574 g/mol. The number of amides is 2. The van der Waals surface area contributed by atoms with E-state index >= 15 is 0 Å². The summed E-state index contributed by atoms with van der Waals surface area (Å²) in [6.45, 7) is 5.47. The first-order chi connectivity index (χ1) is 20.9. The van der Waals surface area contributed by atoms with Gasteiger partial charge in [0, 0.05) is 66.4 Å². The molecule has 0 spiro atoms. The second kappa shape index (κ2) is 11.6. The van der Waals surface area contributed by atoms with Crippen LogP contribution >= 0.6 is 0 Å². The molecule has 43 heavy (non-hydrogen) atoms. The second-order valence-corrected chi connectivity index (χ2v) is 10.9. The minimum absolute atomic E-state index is 0.0627. The number of para-hydroxylation sites is 1. The Balaban J connectivity index is 1.31. The van der Waals surface area contributed by atoms with Gasteiger partial charge in [-0.2, -0.15) is 0 Å². The minimum atomic E-state index is -0.160. The van der Waals surface area contributed by atoms with Gasteiger partial charge in [0.25, 0.3) is 11.8 Å². The molecule has 5 aromatic rings. The maximum absolute atomic E-state index is 14.3. The highest BCUT2D eigenvalue weighted by molar-refractivity contribution is 6.08. The summed E-state index contributed by atoms with van der Waals surface area (Å²) in [7, 11) is 3.41. The van der Waals surface area contributed by atoms with E-state index in [-0.39, 0.29) is 11.8 Å². The monoisotopic (exact) mass is 573 g/mol. The molecule has 0 aliphatic carbocycles. The van der Waals surface area contributed by atoms with Crippen LogP contribution in [0.2, 0.25) is 0 Å². The maximum Gasteiger partial charge on any atom is 0.270 e. The van der Waals surface area contributed by atoms with Gasteiger partial charge in [-0.15, -0.1) is 0 Å². The molecular formula is C35H35N5O3. The number of fused-ring (bicyclic) bond motifs is 2. The van der Waals surface area contributed by atoms with Crippen molar-refractivity contribution in [1.29, 1.82) is 0 Å². The molecule has 3 aromatic heterocycles. The predicted octanol–water partition coefficient (Wildman–Crippen LogP) is 5.82. The normalized spacial score (nSPS) is 12.3. The Kier molecular flexibility index (Phi) is 7.59. The smallest absolute Gasteiger partial charge is 0.270 e. The summed E-state index contributed by atoms with van der Waals surface area (Å²) in [5.74, 6) is 0.289. The predicted molar refractivity (Wildman–Crippen MR) is 167 cm³/mol. The van der Waals surface area contributed by atoms with Crippen molar-refractivity contribution in [2.24, 2.45) is 0 Å². The lowest BCUT2D eigenvalue weighted by atomic mass is 10.1. The first-order valence-corrected chi connectivity index (χ1v) is 14.4. The molecule has 1 aliphatic rings. The van der Waals surface area contributed by atoms with Gasteiger partial charge in [0.05, 0.1) is 25.8 Å². The Morgan fingerprint density at radius 1 is 0.907 bits per heavy atom. The van der Waals surface area contributed by atoms with Crippen LogP contribution in [0.15, 0.2) is 91.1 Å². The fraction of sp³-hybridized carbons (Fsp3) is 0.229. The molecule has 6 rings (SSSR count). The van der Waals surface area contributed by atoms with Crippen molar-refractivity contribution in [1.82, 2.24) is 19.0 Å². The molecule has 0 atom stereocenters. The van der Waals surface area contributed by atoms with Crippen molar-refractivity contribution < 1.29 is 14.3 Å². The highest BCUT2D eigenvalue weighted by atomic mass is 16.5. The number of rotatable bonds is 7. The average Bonchev–Trinajstić information content (AvgIpc) is 3.54. The standard InChI is InChI=1S/C35H35N5O3/c1-24-12-13-25(2)40(24)28-14-16-30(33(21-28)43-4)34(41)39-23-29-15-17-32(38(29)22-26-9-5-6-11-31(26)39)35(42)37(3)20-18-27-10-7-8-19-36-27/h5-17,19,21H,18,20,22-23H2,1-4H3. The van der Waals surface area contributed by atoms with Crippen molar-refractivity contribution in [2.75, 3.05) is 25.6 Å². The third-order valence-electron chi connectivity index (χ3n) is 8.19. The number of likely N-dealkylation sites (N-methyl/N-ethyl adjacent to an activating group) is 1. The summed E-state index contributed by atoms with van der Waals surface area (Å²) in [6, 6.07) is 27.4. The number of carbonyl (C=O) groups excluding carboxylic acids is 2. The first kappa shape index (κ1) is 28.0. The quantitative estimate of drug-likeness (QED) is 0.246. The molecule has 0 bridgehead atoms. The molecule has 8 nitrogen and oxygen atoms in total. The summed E-state index contributed by atoms with van der Waals surface area (Å²) in [4.78, 5) is 35.8. The Bertz CT molecular complexity index is 1780. The number of benzene rings is 2. The number of carbonyl (C=O) groups is 2. The van der Waals surface area contributed by atoms with E-state index in [0.29, 0.717) is 43.1 Å². The molecule has 4 heterocycles. The summed E-state index contributed by atoms with van der Waals surface area (Å²) >= 11 is 0. The van der Waals surface area contributed by atoms with E-state index in [0.717, 1.165) is 39.7 Å². The van der Waals surface area contributed by atoms with Crippen LogP contribution in [0, 0.1) is 13.8 Å². The van der Waals surface area contributed by atoms with E-state index in [2.05, 4.69) is 35.5 Å². The van der Waals surface area contributed by atoms with Crippen LogP contribution < -0.4 is 9.64 Å². The SMILES string of the molecule is COc1cc(-n2c(C)ccc2C)ccc1C(=O)N1Cc2ccc(C(=O)N(C)CCc3ccccn3)n2Cc2ccccc21. The number of ether oxygens (including phenoxy) is 1. The van der Waals surface area contributed by atoms with Gasteiger partial charge in [-0.3, -0.25) is 14.6 Å². The lowest BCUT2D eigenvalue weighted by Crippen LogP contribution is -2.32. The number of hydrogen-bond donors (Lipinski definition) is 0. The lowest BCUT2D eigenvalue weighted by Gasteiger charge is -2.24. The van der Waals surface area contributed by atoms with E-state index in [1.807, 2.05) is 84.4 Å². The third-order valence-corrected chi connectivity index (χ3v) is 8.19. The van der Waals surface area contributed by atoms with Crippen LogP contribution in [0.3, 0.4) is 0 Å². The molecule has 2 aromatic carbocycles. The van der Waals surface area contributed by atoms with Crippen LogP contribution in [-0.2, 0) is 19.5 Å². The Labute approximate surface area is 251 Å². The third kappa shape index (κ3) is 5.32. The van der Waals surface area contributed by atoms with E-state index < -0.39 is 0 Å². The van der Waals surface area contributed by atoms with Gasteiger partial charge in [0.1, 0.15) is 11.4 Å². The highest BCUT2D eigenvalue weighted by Gasteiger charge is 2.29. The lowest BCUT2D eigenvalue weighted by molar-refractivity contribution is 0.0785. The van der Waals surface area contributed by atoms with Gasteiger partial charge in [0.2, 0.25) is 0 Å². The number of aryl methyl sites for hydroxylation is 2. The molecule has 0 radical (unpaired) electrons. The summed E-state index contributed by atoms with van der Waals surface area (Å²) < 4.78 is 9.93. The van der Waals surface area contributed by atoms with Gasteiger partial charge < -0.3 is 23.7 Å². The van der Waals surface area contributed by atoms with E-state index in [1.165, 1.54) is 0 Å². The number of methoxy groups -OCH3 is 1. The molecule has 218 valence electrons. The molecule has 0 unspecified atom stereocenters. The van der Waals surface area contributed by atoms with E-state index in [1.54, 1.807) is 23.1 Å². The molecule has 0 saturated heterocycles. The van der Waals surface area contributed by atoms with Crippen LogP contribution in [0.25, 0.3) is 5.69 Å². The summed E-state index contributed by atoms with van der Waals surface area (Å²) in [6.07, 6.45) is 2.44. The molecule has 2 amide bonds. The molecule has 1 aliphatic heterocycles. The van der Waals surface area contributed by atoms with Gasteiger partial charge in [-0.1, -0.05) is 24.3 Å². The fourth-order valence-electron chi connectivity index (χ4n) is 5.87. The van der Waals surface area contributed by atoms with Gasteiger partial charge >= 0.3 is 0 Å². The van der Waals surface area contributed by atoms with Gasteiger partial charge in [0.15, 0.2) is 0 Å². The molecule has 0 fully saturated rings. The van der Waals surface area contributed by atoms with Crippen molar-refractivity contribution >= 4 is 17.5 Å². The fourth-order valence-corrected chi connectivity index (χ4v) is 5.87. The minimum Gasteiger partial charge on any atom is -0.496 e.